The highest BCUT2D eigenvalue weighted by molar-refractivity contribution is 4.87. The molecule has 0 aromatic heterocycles. The van der Waals surface area contributed by atoms with Crippen molar-refractivity contribution in [2.75, 3.05) is 0 Å². The molecule has 2 fully saturated rings. The van der Waals surface area contributed by atoms with Crippen molar-refractivity contribution in [3.63, 3.8) is 0 Å². The summed E-state index contributed by atoms with van der Waals surface area (Å²) in [4.78, 5) is 0. The Hall–Kier alpha value is -0.0400. The van der Waals surface area contributed by atoms with Crippen LogP contribution in [0, 0.1) is 11.8 Å². The van der Waals surface area contributed by atoms with Crippen molar-refractivity contribution in [1.82, 2.24) is 5.32 Å². The van der Waals surface area contributed by atoms with E-state index in [0.717, 1.165) is 23.9 Å². The van der Waals surface area contributed by atoms with Crippen LogP contribution in [0.3, 0.4) is 0 Å². The van der Waals surface area contributed by atoms with Crippen LogP contribution >= 0.6 is 0 Å². The van der Waals surface area contributed by atoms with Crippen LogP contribution in [0.4, 0.5) is 0 Å². The molecule has 1 heteroatoms. The van der Waals surface area contributed by atoms with Crippen LogP contribution in [-0.2, 0) is 0 Å². The molecule has 2 unspecified atom stereocenters. The van der Waals surface area contributed by atoms with Gasteiger partial charge in [0, 0.05) is 12.1 Å². The Kier molecular flexibility index (Phi) is 3.48. The van der Waals surface area contributed by atoms with Crippen molar-refractivity contribution < 1.29 is 0 Å². The average molecular weight is 195 g/mol. The van der Waals surface area contributed by atoms with Gasteiger partial charge in [-0.2, -0.15) is 0 Å². The molecule has 1 N–H and O–H groups in total. The van der Waals surface area contributed by atoms with Gasteiger partial charge in [0.15, 0.2) is 0 Å². The molecular weight excluding hydrogens is 170 g/mol. The van der Waals surface area contributed by atoms with Crippen molar-refractivity contribution in [1.29, 1.82) is 0 Å². The second kappa shape index (κ2) is 4.65. The van der Waals surface area contributed by atoms with Crippen molar-refractivity contribution >= 4 is 0 Å². The average Bonchev–Trinajstić information content (AvgIpc) is 2.24. The fourth-order valence-corrected chi connectivity index (χ4v) is 3.02. The molecule has 0 aliphatic heterocycles. The second-order valence-corrected chi connectivity index (χ2v) is 5.51. The summed E-state index contributed by atoms with van der Waals surface area (Å²) in [5, 5.41) is 3.84. The molecule has 0 bridgehead atoms. The smallest absolute Gasteiger partial charge is 0.00954 e. The summed E-state index contributed by atoms with van der Waals surface area (Å²) < 4.78 is 0. The van der Waals surface area contributed by atoms with Crippen LogP contribution in [0.25, 0.3) is 0 Å². The van der Waals surface area contributed by atoms with E-state index in [1.807, 2.05) is 0 Å². The Bertz CT molecular complexity index is 172. The number of nitrogens with one attached hydrogen (secondary N) is 1. The third-order valence-electron chi connectivity index (χ3n) is 4.45. The fourth-order valence-electron chi connectivity index (χ4n) is 3.02. The first-order valence-electron chi connectivity index (χ1n) is 6.53. The van der Waals surface area contributed by atoms with Gasteiger partial charge in [-0.1, -0.05) is 26.2 Å². The number of hydrogen-bond donors (Lipinski definition) is 1. The predicted octanol–water partition coefficient (Wildman–Crippen LogP) is 3.34. The first kappa shape index (κ1) is 10.5. The molecule has 14 heavy (non-hydrogen) atoms. The van der Waals surface area contributed by atoms with E-state index in [4.69, 9.17) is 0 Å². The van der Waals surface area contributed by atoms with E-state index in [9.17, 15) is 0 Å². The molecule has 0 aromatic carbocycles. The van der Waals surface area contributed by atoms with E-state index in [2.05, 4.69) is 19.2 Å². The first-order chi connectivity index (χ1) is 6.77. The van der Waals surface area contributed by atoms with Gasteiger partial charge in [0.05, 0.1) is 0 Å². The Labute approximate surface area is 88.7 Å². The molecule has 2 aliphatic rings. The van der Waals surface area contributed by atoms with E-state index < -0.39 is 0 Å². The molecule has 2 aliphatic carbocycles. The van der Waals surface area contributed by atoms with Gasteiger partial charge in [-0.05, 0) is 44.4 Å². The number of rotatable bonds is 3. The summed E-state index contributed by atoms with van der Waals surface area (Å²) in [6, 6.07) is 1.61. The Morgan fingerprint density at radius 1 is 1.00 bits per heavy atom. The molecule has 2 saturated carbocycles. The quantitative estimate of drug-likeness (QED) is 0.728. The SMILES string of the molecule is CC1CCC1N[C@@H](C)C1CCCCC1. The third-order valence-corrected chi connectivity index (χ3v) is 4.45. The summed E-state index contributed by atoms with van der Waals surface area (Å²) in [6.45, 7) is 4.79. The van der Waals surface area contributed by atoms with Crippen molar-refractivity contribution in [2.24, 2.45) is 11.8 Å². The van der Waals surface area contributed by atoms with E-state index in [0.29, 0.717) is 0 Å². The first-order valence-corrected chi connectivity index (χ1v) is 6.53. The second-order valence-electron chi connectivity index (χ2n) is 5.51. The summed E-state index contributed by atoms with van der Waals surface area (Å²) in [5.41, 5.74) is 0. The largest absolute Gasteiger partial charge is 0.311 e. The molecule has 1 nitrogen and oxygen atoms in total. The van der Waals surface area contributed by atoms with Crippen LogP contribution in [0.1, 0.15) is 58.8 Å². The van der Waals surface area contributed by atoms with Gasteiger partial charge in [-0.3, -0.25) is 0 Å². The van der Waals surface area contributed by atoms with Gasteiger partial charge >= 0.3 is 0 Å². The Morgan fingerprint density at radius 3 is 2.21 bits per heavy atom. The van der Waals surface area contributed by atoms with Gasteiger partial charge in [0.1, 0.15) is 0 Å². The van der Waals surface area contributed by atoms with Gasteiger partial charge in [0.25, 0.3) is 0 Å². The summed E-state index contributed by atoms with van der Waals surface area (Å²) in [5.74, 6) is 1.90. The van der Waals surface area contributed by atoms with E-state index in [1.54, 1.807) is 0 Å². The van der Waals surface area contributed by atoms with Gasteiger partial charge < -0.3 is 5.32 Å². The van der Waals surface area contributed by atoms with E-state index in [1.165, 1.54) is 44.9 Å². The molecular formula is C13H25N. The molecule has 2 rings (SSSR count). The molecule has 3 atom stereocenters. The van der Waals surface area contributed by atoms with Crippen LogP contribution in [0.5, 0.6) is 0 Å². The van der Waals surface area contributed by atoms with Crippen LogP contribution < -0.4 is 5.32 Å². The minimum atomic E-state index is 0.767. The Morgan fingerprint density at radius 2 is 1.71 bits per heavy atom. The molecule has 82 valence electrons. The highest BCUT2D eigenvalue weighted by Gasteiger charge is 2.29. The van der Waals surface area contributed by atoms with Crippen molar-refractivity contribution in [2.45, 2.75) is 70.9 Å². The molecule has 0 heterocycles. The van der Waals surface area contributed by atoms with Gasteiger partial charge in [-0.25, -0.2) is 0 Å². The highest BCUT2D eigenvalue weighted by Crippen LogP contribution is 2.30. The maximum atomic E-state index is 3.84. The molecule has 0 amide bonds. The van der Waals surface area contributed by atoms with Crippen LogP contribution in [0.15, 0.2) is 0 Å². The Balaban J connectivity index is 1.73. The maximum absolute atomic E-state index is 3.84. The zero-order valence-electron chi connectivity index (χ0n) is 9.76. The van der Waals surface area contributed by atoms with Crippen LogP contribution in [-0.4, -0.2) is 12.1 Å². The molecule has 0 aromatic rings. The lowest BCUT2D eigenvalue weighted by Crippen LogP contribution is -2.49. The predicted molar refractivity (Wildman–Crippen MR) is 61.4 cm³/mol. The van der Waals surface area contributed by atoms with Gasteiger partial charge in [-0.15, -0.1) is 0 Å². The summed E-state index contributed by atoms with van der Waals surface area (Å²) in [7, 11) is 0. The zero-order valence-corrected chi connectivity index (χ0v) is 9.76. The monoisotopic (exact) mass is 195 g/mol. The van der Waals surface area contributed by atoms with E-state index >= 15 is 0 Å². The molecule has 0 radical (unpaired) electrons. The summed E-state index contributed by atoms with van der Waals surface area (Å²) >= 11 is 0. The lowest BCUT2D eigenvalue weighted by Gasteiger charge is -2.39. The number of hydrogen-bond acceptors (Lipinski definition) is 1. The summed E-state index contributed by atoms with van der Waals surface area (Å²) in [6.07, 6.45) is 10.2. The van der Waals surface area contributed by atoms with Crippen molar-refractivity contribution in [3.05, 3.63) is 0 Å². The minimum absolute atomic E-state index is 0.767. The lowest BCUT2D eigenvalue weighted by atomic mass is 9.78. The van der Waals surface area contributed by atoms with Crippen molar-refractivity contribution in [3.8, 4) is 0 Å². The van der Waals surface area contributed by atoms with Crippen LogP contribution in [0.2, 0.25) is 0 Å². The van der Waals surface area contributed by atoms with Gasteiger partial charge in [0.2, 0.25) is 0 Å². The molecule has 0 spiro atoms. The highest BCUT2D eigenvalue weighted by atomic mass is 15.0. The minimum Gasteiger partial charge on any atom is -0.311 e. The molecule has 0 saturated heterocycles. The zero-order chi connectivity index (χ0) is 9.97. The standard InChI is InChI=1S/C13H25N/c1-10-8-9-13(10)14-11(2)12-6-4-3-5-7-12/h10-14H,3-9H2,1-2H3/t10?,11-,13?/m0/s1. The normalized spacial score (nSPS) is 36.4. The fraction of sp³-hybridized carbons (Fsp3) is 1.00. The van der Waals surface area contributed by atoms with E-state index in [-0.39, 0.29) is 0 Å². The maximum Gasteiger partial charge on any atom is 0.00954 e. The third kappa shape index (κ3) is 2.31. The topological polar surface area (TPSA) is 12.0 Å². The lowest BCUT2D eigenvalue weighted by molar-refractivity contribution is 0.176.